The number of ether oxygens (including phenoxy) is 3. The molecule has 10 unspecified atom stereocenters. The Bertz CT molecular complexity index is 5710. The second-order valence-corrected chi connectivity index (χ2v) is 35.2. The van der Waals surface area contributed by atoms with E-state index in [1.54, 1.807) is 34.3 Å². The molecule has 1 amide bonds. The summed E-state index contributed by atoms with van der Waals surface area (Å²) in [5.41, 5.74) is 26.2. The SMILES string of the molecule is CC(=O)N1c2ccc(C=O)cc2C2CCCC21.CCN1c2ccc(C=O)cc2C2CCCC21.COc1ccc(-n2c3c(c4cc(C=O)ccc42)CCC3)cc1.COc1ccc(N2c3ccc(C=O)cc3C3CCC32)cc1.COc1ccc(N2c3ccc(C=O)cc3C3CCCCCC32)cc1.O=Cc1ccc2c(c1)C1CCCCC1N2c1ccc(Br)cc1. The van der Waals surface area contributed by atoms with Gasteiger partial charge in [-0.05, 0) is 330 Å². The molecule has 11 aliphatic rings. The molecule has 5 fully saturated rings. The average molecular weight is 1690 g/mol. The third kappa shape index (κ3) is 15.9. The molecule has 11 aromatic rings. The van der Waals surface area contributed by atoms with E-state index in [0.29, 0.717) is 65.4 Å². The van der Waals surface area contributed by atoms with Crippen LogP contribution in [0.25, 0.3) is 16.6 Å². The zero-order valence-corrected chi connectivity index (χ0v) is 71.9. The molecule has 6 aliphatic carbocycles. The number of benzene rings is 10. The van der Waals surface area contributed by atoms with Crippen molar-refractivity contribution < 1.29 is 47.8 Å². The summed E-state index contributed by atoms with van der Waals surface area (Å²) in [5, 5.41) is 1.22. The van der Waals surface area contributed by atoms with Crippen molar-refractivity contribution in [2.45, 2.75) is 202 Å². The number of nitrogens with zero attached hydrogens (tertiary/aromatic N) is 6. The van der Waals surface area contributed by atoms with Gasteiger partial charge in [-0.3, -0.25) is 33.6 Å². The summed E-state index contributed by atoms with van der Waals surface area (Å²) in [6.07, 6.45) is 30.0. The minimum atomic E-state index is 0.111. The van der Waals surface area contributed by atoms with Gasteiger partial charge < -0.3 is 43.3 Å². The van der Waals surface area contributed by atoms with E-state index >= 15 is 0 Å². The molecular weight excluding hydrogens is 1590 g/mol. The second kappa shape index (κ2) is 36.5. The number of carbonyl (C=O) groups excluding carboxylic acids is 7. The Kier molecular flexibility index (Phi) is 24.7. The fourth-order valence-corrected chi connectivity index (χ4v) is 22.6. The van der Waals surface area contributed by atoms with Crippen molar-refractivity contribution in [2.75, 3.05) is 52.4 Å². The van der Waals surface area contributed by atoms with Gasteiger partial charge in [0.15, 0.2) is 0 Å². The van der Waals surface area contributed by atoms with Gasteiger partial charge in [-0.15, -0.1) is 0 Å². The number of methoxy groups -OCH3 is 3. The first-order valence-electron chi connectivity index (χ1n) is 44.0. The molecule has 0 radical (unpaired) electrons. The summed E-state index contributed by atoms with van der Waals surface area (Å²) in [6.45, 7) is 4.92. The van der Waals surface area contributed by atoms with Crippen LogP contribution in [-0.2, 0) is 17.6 Å². The lowest BCUT2D eigenvalue weighted by atomic mass is 9.77. The van der Waals surface area contributed by atoms with E-state index < -0.39 is 0 Å². The van der Waals surface area contributed by atoms with Crippen LogP contribution in [0.5, 0.6) is 17.2 Å². The van der Waals surface area contributed by atoms with Gasteiger partial charge in [-0.1, -0.05) is 60.9 Å². The number of anilines is 8. The number of amides is 1. The van der Waals surface area contributed by atoms with E-state index in [1.807, 2.05) is 89.8 Å². The average Bonchev–Trinajstić information content (AvgIpc) is 1.60. The Balaban J connectivity index is 0.000000105. The zero-order valence-electron chi connectivity index (χ0n) is 70.4. The first-order valence-corrected chi connectivity index (χ1v) is 44.8. The molecule has 5 saturated carbocycles. The summed E-state index contributed by atoms with van der Waals surface area (Å²) < 4.78 is 19.2. The molecule has 624 valence electrons. The number of hydrogen-bond acceptors (Lipinski definition) is 14. The van der Waals surface area contributed by atoms with Crippen LogP contribution in [0.4, 0.5) is 45.5 Å². The summed E-state index contributed by atoms with van der Waals surface area (Å²) in [4.78, 5) is 89.7. The Labute approximate surface area is 724 Å². The summed E-state index contributed by atoms with van der Waals surface area (Å²) in [6, 6.07) is 72.0. The van der Waals surface area contributed by atoms with E-state index in [9.17, 15) is 33.6 Å². The van der Waals surface area contributed by atoms with Crippen LogP contribution < -0.4 is 38.7 Å². The summed E-state index contributed by atoms with van der Waals surface area (Å²) in [7, 11) is 5.06. The van der Waals surface area contributed by atoms with E-state index in [2.05, 4.69) is 162 Å². The number of fused-ring (bicyclic) bond motifs is 18. The predicted octanol–water partition coefficient (Wildman–Crippen LogP) is 23.8. The van der Waals surface area contributed by atoms with Gasteiger partial charge in [-0.25, -0.2) is 0 Å². The monoisotopic (exact) mass is 1690 g/mol. The highest BCUT2D eigenvalue weighted by molar-refractivity contribution is 9.10. The Morgan fingerprint density at radius 2 is 0.705 bits per heavy atom. The Hall–Kier alpha value is -11.7. The number of aldehydes is 6. The topological polar surface area (TPSA) is 168 Å². The first-order chi connectivity index (χ1) is 59.8. The molecular formula is C105H107BrN6O10. The molecule has 122 heavy (non-hydrogen) atoms. The number of aromatic nitrogens is 1. The lowest BCUT2D eigenvalue weighted by Gasteiger charge is -2.37. The lowest BCUT2D eigenvalue weighted by Crippen LogP contribution is -2.37. The zero-order chi connectivity index (χ0) is 84.2. The summed E-state index contributed by atoms with van der Waals surface area (Å²) in [5.74, 6) is 5.51. The quantitative estimate of drug-likeness (QED) is 0.0943. The van der Waals surface area contributed by atoms with Crippen LogP contribution in [0.1, 0.15) is 260 Å². The molecule has 16 nitrogen and oxygen atoms in total. The van der Waals surface area contributed by atoms with Crippen molar-refractivity contribution >= 4 is 116 Å². The first kappa shape index (κ1) is 82.6. The molecule has 17 heteroatoms. The number of halogens is 1. The molecule has 5 aliphatic heterocycles. The van der Waals surface area contributed by atoms with Gasteiger partial charge >= 0.3 is 0 Å². The molecule has 10 atom stereocenters. The number of carbonyl (C=O) groups is 7. The van der Waals surface area contributed by atoms with Crippen LogP contribution >= 0.6 is 15.9 Å². The molecule has 1 aromatic heterocycles. The second-order valence-electron chi connectivity index (χ2n) is 34.3. The van der Waals surface area contributed by atoms with Crippen LogP contribution in [-0.4, -0.2) is 106 Å². The fraction of sp³-hybridized carbons (Fsp3) is 0.343. The van der Waals surface area contributed by atoms with Crippen LogP contribution in [0.3, 0.4) is 0 Å². The fourth-order valence-electron chi connectivity index (χ4n) is 22.3. The molecule has 0 bridgehead atoms. The van der Waals surface area contributed by atoms with Gasteiger partial charge in [0.25, 0.3) is 0 Å². The van der Waals surface area contributed by atoms with E-state index in [0.717, 1.165) is 131 Å². The maximum Gasteiger partial charge on any atom is 0.224 e. The van der Waals surface area contributed by atoms with Gasteiger partial charge in [0.2, 0.25) is 5.91 Å². The third-order valence-corrected chi connectivity index (χ3v) is 28.4. The Morgan fingerprint density at radius 3 is 1.16 bits per heavy atom. The third-order valence-electron chi connectivity index (χ3n) is 27.9. The Morgan fingerprint density at radius 1 is 0.352 bits per heavy atom. The predicted molar refractivity (Wildman–Crippen MR) is 490 cm³/mol. The van der Waals surface area contributed by atoms with Gasteiger partial charge in [0.05, 0.1) is 26.8 Å². The normalized spacial score (nSPS) is 21.9. The maximum absolute atomic E-state index is 11.8. The van der Waals surface area contributed by atoms with E-state index in [-0.39, 0.29) is 5.91 Å². The lowest BCUT2D eigenvalue weighted by molar-refractivity contribution is -0.117. The van der Waals surface area contributed by atoms with Crippen molar-refractivity contribution in [1.29, 1.82) is 0 Å². The molecule has 0 N–H and O–H groups in total. The number of likely N-dealkylation sites (N-methyl/N-ethyl adjacent to an activating group) is 1. The highest BCUT2D eigenvalue weighted by Gasteiger charge is 2.48. The number of aryl methyl sites for hydroxylation is 1. The van der Waals surface area contributed by atoms with E-state index in [4.69, 9.17) is 14.2 Å². The van der Waals surface area contributed by atoms with Crippen molar-refractivity contribution in [2.24, 2.45) is 0 Å². The van der Waals surface area contributed by atoms with Crippen molar-refractivity contribution in [3.63, 3.8) is 0 Å². The van der Waals surface area contributed by atoms with Crippen LogP contribution in [0.15, 0.2) is 211 Å². The largest absolute Gasteiger partial charge is 0.497 e. The van der Waals surface area contributed by atoms with Crippen LogP contribution in [0, 0.1) is 0 Å². The van der Waals surface area contributed by atoms with Crippen molar-refractivity contribution in [1.82, 2.24) is 4.57 Å². The molecule has 22 rings (SSSR count). The molecule has 0 spiro atoms. The molecule has 0 saturated heterocycles. The standard InChI is InChI=1S/C21H23NO2.C19H18BrNO.C19H17NO2.C18H17NO2.C14H15NO2.C14H17NO/c1-24-17-10-8-16(9-11-17)22-20-6-4-2-3-5-18(20)19-13-15(14-23)7-12-21(19)22;20-14-6-8-15(9-7-14)21-18-4-2-1-3-16(18)17-11-13(12-22)5-10-19(17)21;1-22-15-8-6-14(7-9-15)20-18-4-2-3-16(18)17-11-13(12-21)5-10-19(17)20;1-21-14-5-3-13(4-6-14)19-17-9-7-15(17)16-10-12(11-20)2-8-18(16)19;1-9(17)15-13-4-2-3-11(13)12-7-10(8-16)5-6-14(12)15;1-2-15-13-5-3-4-11(13)12-8-10(9-16)6-7-14(12)15/h7-14,18,20H,2-6H2,1H3;5-12,16,18H,1-4H2;5-12H,2-4H2,1H3;2-6,8,10-11,15,17H,7,9H2,1H3;5-8,11,13H,2-4H2,1H3;6-9,11,13H,2-5H2,1H3. The highest BCUT2D eigenvalue weighted by atomic mass is 79.9. The van der Waals surface area contributed by atoms with Gasteiger partial charge in [0, 0.05) is 173 Å². The van der Waals surface area contributed by atoms with E-state index in [1.165, 1.54) is 193 Å². The van der Waals surface area contributed by atoms with Gasteiger partial charge in [-0.2, -0.15) is 0 Å². The smallest absolute Gasteiger partial charge is 0.224 e. The van der Waals surface area contributed by atoms with Crippen molar-refractivity contribution in [3.05, 3.63) is 283 Å². The number of hydrogen-bond donors (Lipinski definition) is 0. The summed E-state index contributed by atoms with van der Waals surface area (Å²) >= 11 is 3.52. The minimum Gasteiger partial charge on any atom is -0.497 e. The molecule has 10 aromatic carbocycles. The van der Waals surface area contributed by atoms with Crippen molar-refractivity contribution in [3.8, 4) is 22.9 Å². The maximum atomic E-state index is 11.8. The molecule has 6 heterocycles. The number of rotatable bonds is 14. The highest BCUT2D eigenvalue weighted by Crippen LogP contribution is 2.57. The van der Waals surface area contributed by atoms with Crippen LogP contribution in [0.2, 0.25) is 0 Å². The van der Waals surface area contributed by atoms with Gasteiger partial charge in [0.1, 0.15) is 55.0 Å². The minimum absolute atomic E-state index is 0.111.